The zero-order valence-corrected chi connectivity index (χ0v) is 40.1. The number of aliphatic hydroxyl groups is 3. The molecule has 14 heteroatoms. The molecule has 2 aromatic heterocycles. The van der Waals surface area contributed by atoms with E-state index in [1.807, 2.05) is 49.5 Å². The summed E-state index contributed by atoms with van der Waals surface area (Å²) in [7, 11) is 4.19. The van der Waals surface area contributed by atoms with Crippen LogP contribution < -0.4 is 0 Å². The van der Waals surface area contributed by atoms with Crippen LogP contribution in [0.5, 0.6) is 0 Å². The first-order valence-electron chi connectivity index (χ1n) is 22.9. The number of aliphatic carboxylic acids is 1. The van der Waals surface area contributed by atoms with Crippen molar-refractivity contribution < 1.29 is 43.6 Å². The molecule has 0 bridgehead atoms. The molecule has 9 rings (SSSR count). The fraction of sp³-hybridized carbons (Fsp3) is 0.453. The lowest BCUT2D eigenvalue weighted by molar-refractivity contribution is -0.226. The lowest BCUT2D eigenvalue weighted by Gasteiger charge is -2.63. The molecule has 3 saturated carbocycles. The van der Waals surface area contributed by atoms with Crippen molar-refractivity contribution in [2.45, 2.75) is 101 Å². The van der Waals surface area contributed by atoms with Crippen LogP contribution in [-0.4, -0.2) is 97.5 Å². The highest BCUT2D eigenvalue weighted by molar-refractivity contribution is 6.30. The van der Waals surface area contributed by atoms with Crippen molar-refractivity contribution in [2.24, 2.45) is 22.7 Å². The molecule has 4 aliphatic carbocycles. The van der Waals surface area contributed by atoms with E-state index in [-0.39, 0.29) is 31.0 Å². The first-order chi connectivity index (χ1) is 31.7. The summed E-state index contributed by atoms with van der Waals surface area (Å²) in [4.78, 5) is 46.4. The van der Waals surface area contributed by atoms with E-state index in [1.54, 1.807) is 50.3 Å². The van der Waals surface area contributed by atoms with Crippen molar-refractivity contribution >= 4 is 51.8 Å². The number of nitrogens with zero attached hydrogens (tertiary/aromatic N) is 3. The second-order valence-electron chi connectivity index (χ2n) is 19.4. The van der Waals surface area contributed by atoms with E-state index in [4.69, 9.17) is 32.7 Å². The van der Waals surface area contributed by atoms with Crippen molar-refractivity contribution in [1.29, 1.82) is 0 Å². The van der Waals surface area contributed by atoms with Gasteiger partial charge in [0.05, 0.1) is 12.0 Å². The van der Waals surface area contributed by atoms with Crippen LogP contribution in [0, 0.1) is 22.7 Å². The molecule has 4 aliphatic rings. The summed E-state index contributed by atoms with van der Waals surface area (Å²) in [5.41, 5.74) is 0.502. The monoisotopic (exact) mass is 955 g/mol. The summed E-state index contributed by atoms with van der Waals surface area (Å²) in [6.45, 7) is 5.50. The van der Waals surface area contributed by atoms with Crippen molar-refractivity contribution in [3.63, 3.8) is 0 Å². The highest BCUT2D eigenvalue weighted by atomic mass is 35.5. The molecule has 3 fully saturated rings. The van der Waals surface area contributed by atoms with E-state index in [9.17, 15) is 29.7 Å². The number of carbonyl (C=O) groups excluding carboxylic acids is 2. The predicted octanol–water partition coefficient (Wildman–Crippen LogP) is 10.0. The molecule has 9 atom stereocenters. The number of pyridine rings is 1. The Hall–Kier alpha value is -4.82. The Labute approximate surface area is 401 Å². The standard InChI is InChI=1S/C21H29FO5.C16H19ClN2.C16H12ClNO3/c1-18-7-5-13(24)9-12(18)3-4-15-14-6-8-20(27,17(26)11-23)19(14,2)10-16(25)21(15,18)22;1-19(2)12-10-15(16-5-3-4-11-18-16)13-6-8-14(17)9-7-13;1-9(16(19)20)11-4-7-14-13(8-11)18-15(21-14)10-2-5-12(17)6-3-10/h9,14-16,23,25,27H,3-8,10-11H2,1-2H3;3-9,11,15H,10,12H2,1-2H3;2-9H,1H3,(H,19,20)/t14-,15-,16-,18-,19-,20-,21-;15-;/m00./s1. The van der Waals surface area contributed by atoms with Crippen molar-refractivity contribution in [3.8, 4) is 11.5 Å². The Morgan fingerprint density at radius 3 is 2.22 bits per heavy atom. The number of fused-ring (bicyclic) bond motifs is 6. The summed E-state index contributed by atoms with van der Waals surface area (Å²) in [5.74, 6) is -1.99. The van der Waals surface area contributed by atoms with Crippen molar-refractivity contribution in [3.05, 3.63) is 130 Å². The van der Waals surface area contributed by atoms with Gasteiger partial charge in [-0.15, -0.1) is 0 Å². The number of carboxylic acids is 1. The maximum atomic E-state index is 16.8. The quantitative estimate of drug-likeness (QED) is 0.105. The maximum absolute atomic E-state index is 16.8. The molecule has 1 unspecified atom stereocenters. The average molecular weight is 957 g/mol. The third kappa shape index (κ3) is 9.63. The minimum atomic E-state index is -1.88. The summed E-state index contributed by atoms with van der Waals surface area (Å²) in [5, 5.41) is 42.0. The fourth-order valence-electron chi connectivity index (χ4n) is 11.4. The molecule has 0 amide bonds. The Kier molecular flexibility index (Phi) is 15.0. The number of hydrogen-bond donors (Lipinski definition) is 4. The van der Waals surface area contributed by atoms with Gasteiger partial charge in [-0.1, -0.05) is 66.9 Å². The van der Waals surface area contributed by atoms with Gasteiger partial charge in [-0.3, -0.25) is 19.4 Å². The number of Topliss-reactive ketones (excluding diaryl/α,β-unsaturated/α-hetero) is 1. The highest BCUT2D eigenvalue weighted by Crippen LogP contribution is 2.70. The topological polar surface area (TPSA) is 174 Å². The molecule has 5 aromatic rings. The smallest absolute Gasteiger partial charge is 0.310 e. The van der Waals surface area contributed by atoms with E-state index in [0.29, 0.717) is 59.2 Å². The van der Waals surface area contributed by atoms with Crippen LogP contribution in [0.15, 0.2) is 107 Å². The second kappa shape index (κ2) is 20.0. The fourth-order valence-corrected chi connectivity index (χ4v) is 11.6. The Balaban J connectivity index is 0.000000152. The molecule has 356 valence electrons. The molecule has 0 spiro atoms. The maximum Gasteiger partial charge on any atom is 0.310 e. The van der Waals surface area contributed by atoms with Gasteiger partial charge in [0.1, 0.15) is 23.4 Å². The number of ketones is 2. The Morgan fingerprint density at radius 1 is 0.925 bits per heavy atom. The summed E-state index contributed by atoms with van der Waals surface area (Å²) in [6, 6.07) is 26.6. The van der Waals surface area contributed by atoms with E-state index in [0.717, 1.165) is 34.8 Å². The third-order valence-corrected chi connectivity index (χ3v) is 15.9. The molecule has 11 nitrogen and oxygen atoms in total. The van der Waals surface area contributed by atoms with Gasteiger partial charge < -0.3 is 29.7 Å². The summed E-state index contributed by atoms with van der Waals surface area (Å²) >= 11 is 11.8. The van der Waals surface area contributed by atoms with E-state index in [2.05, 4.69) is 47.2 Å². The van der Waals surface area contributed by atoms with Gasteiger partial charge in [0.2, 0.25) is 5.89 Å². The highest BCUT2D eigenvalue weighted by Gasteiger charge is 2.74. The number of aromatic nitrogens is 2. The van der Waals surface area contributed by atoms with E-state index >= 15 is 4.39 Å². The number of aliphatic hydroxyl groups excluding tert-OH is 2. The third-order valence-electron chi connectivity index (χ3n) is 15.4. The number of halogens is 3. The molecule has 67 heavy (non-hydrogen) atoms. The van der Waals surface area contributed by atoms with E-state index in [1.165, 1.54) is 5.56 Å². The number of oxazole rings is 1. The zero-order valence-electron chi connectivity index (χ0n) is 38.6. The van der Waals surface area contributed by atoms with Gasteiger partial charge in [0.15, 0.2) is 17.1 Å². The molecule has 4 N–H and O–H groups in total. The van der Waals surface area contributed by atoms with Crippen LogP contribution in [0.2, 0.25) is 10.0 Å². The first kappa shape index (κ1) is 50.1. The SMILES string of the molecule is CC(C(=O)O)c1ccc2oc(-c3ccc(Cl)cc3)nc2c1.CN(C)CC[C@@H](c1ccc(Cl)cc1)c1ccccn1.C[C@]12CCC(=O)C=C1CC[C@H]1[C@@H]3CC[C@](O)(C(=O)CO)[C@@]3(C)C[C@H](O)[C@@]12F. The number of carboxylic acid groups (broad SMARTS) is 1. The van der Waals surface area contributed by atoms with Crippen LogP contribution >= 0.6 is 23.2 Å². The lowest BCUT2D eigenvalue weighted by Crippen LogP contribution is -2.69. The second-order valence-corrected chi connectivity index (χ2v) is 20.2. The van der Waals surface area contributed by atoms with Crippen LogP contribution in [-0.2, 0) is 14.4 Å². The molecule has 2 heterocycles. The van der Waals surface area contributed by atoms with Crippen LogP contribution in [0.25, 0.3) is 22.6 Å². The first-order valence-corrected chi connectivity index (χ1v) is 23.7. The summed E-state index contributed by atoms with van der Waals surface area (Å²) < 4.78 is 22.5. The molecular formula is C53H60Cl2FN3O8. The van der Waals surface area contributed by atoms with E-state index < -0.39 is 58.4 Å². The predicted molar refractivity (Wildman–Crippen MR) is 257 cm³/mol. The number of allylic oxidation sites excluding steroid dienone is 1. The van der Waals surface area contributed by atoms with Crippen molar-refractivity contribution in [1.82, 2.24) is 14.9 Å². The minimum absolute atomic E-state index is 0.0171. The molecule has 0 saturated heterocycles. The van der Waals surface area contributed by atoms with Gasteiger partial charge in [-0.25, -0.2) is 9.37 Å². The minimum Gasteiger partial charge on any atom is -0.481 e. The molecule has 0 radical (unpaired) electrons. The molecule has 0 aliphatic heterocycles. The largest absolute Gasteiger partial charge is 0.481 e. The zero-order chi connectivity index (χ0) is 48.5. The Morgan fingerprint density at radius 2 is 1.60 bits per heavy atom. The van der Waals surface area contributed by atoms with Crippen molar-refractivity contribution in [2.75, 3.05) is 27.2 Å². The normalized spacial score (nSPS) is 28.4. The van der Waals surface area contributed by atoms with Gasteiger partial charge in [-0.05, 0) is 156 Å². The number of rotatable bonds is 10. The number of hydrogen-bond acceptors (Lipinski definition) is 10. The van der Waals surface area contributed by atoms with Crippen LogP contribution in [0.1, 0.15) is 101 Å². The van der Waals surface area contributed by atoms with Gasteiger partial charge >= 0.3 is 5.97 Å². The number of benzene rings is 3. The lowest BCUT2D eigenvalue weighted by atomic mass is 9.44. The molecule has 3 aromatic carbocycles. The number of carbonyl (C=O) groups is 3. The van der Waals surface area contributed by atoms with Gasteiger partial charge in [-0.2, -0.15) is 0 Å². The van der Waals surface area contributed by atoms with Gasteiger partial charge in [0, 0.05) is 56.6 Å². The Bertz CT molecular complexity index is 2610. The van der Waals surface area contributed by atoms with Crippen LogP contribution in [0.4, 0.5) is 4.39 Å². The summed E-state index contributed by atoms with van der Waals surface area (Å²) in [6.07, 6.45) is 5.55. The molecular weight excluding hydrogens is 896 g/mol. The van der Waals surface area contributed by atoms with Gasteiger partial charge in [0.25, 0.3) is 0 Å². The van der Waals surface area contributed by atoms with Crippen LogP contribution in [0.3, 0.4) is 0 Å². The average Bonchev–Trinajstić information content (AvgIpc) is 3.86. The number of alkyl halides is 1.